The molecule has 17 heavy (non-hydrogen) atoms. The van der Waals surface area contributed by atoms with E-state index < -0.39 is 11.9 Å². The van der Waals surface area contributed by atoms with Crippen LogP contribution in [0, 0.1) is 0 Å². The number of anilines is 1. The minimum absolute atomic E-state index is 0.448. The van der Waals surface area contributed by atoms with Crippen LogP contribution < -0.4 is 5.32 Å². The average Bonchev–Trinajstić information content (AvgIpc) is 2.29. The molecule has 4 heteroatoms. The topological polar surface area (TPSA) is 66.4 Å². The lowest BCUT2D eigenvalue weighted by Crippen LogP contribution is -2.08. The third kappa shape index (κ3) is 4.97. The highest BCUT2D eigenvalue weighted by molar-refractivity contribution is 6.02. The van der Waals surface area contributed by atoms with Crippen LogP contribution in [0.3, 0.4) is 0 Å². The number of aliphatic carboxylic acids is 1. The van der Waals surface area contributed by atoms with E-state index in [0.717, 1.165) is 25.0 Å². The van der Waals surface area contributed by atoms with Crippen molar-refractivity contribution in [3.8, 4) is 0 Å². The summed E-state index contributed by atoms with van der Waals surface area (Å²) in [6, 6.07) is 7.50. The molecule has 0 aromatic heterocycles. The number of nitrogens with one attached hydrogen (secondary N) is 1. The smallest absolute Gasteiger partial charge is 0.328 e. The Hall–Kier alpha value is -2.10. The molecule has 0 atom stereocenters. The summed E-state index contributed by atoms with van der Waals surface area (Å²) >= 11 is 0. The Morgan fingerprint density at radius 3 is 2.41 bits per heavy atom. The maximum absolute atomic E-state index is 11.3. The van der Waals surface area contributed by atoms with Gasteiger partial charge in [-0.2, -0.15) is 0 Å². The number of hydrogen-bond acceptors (Lipinski definition) is 2. The number of carbonyl (C=O) groups excluding carboxylic acids is 1. The van der Waals surface area contributed by atoms with E-state index in [0.29, 0.717) is 5.69 Å². The standard InChI is InChI=1S/C13H15NO3/c1-2-3-10-4-6-11(7-5-10)14-12(15)8-9-13(16)17/h4-9H,2-3H2,1H3,(H,14,15)(H,16,17)/b9-8-. The minimum atomic E-state index is -1.14. The molecule has 1 aromatic rings. The van der Waals surface area contributed by atoms with Crippen molar-refractivity contribution >= 4 is 17.6 Å². The maximum Gasteiger partial charge on any atom is 0.328 e. The molecule has 1 rings (SSSR count). The first-order valence-corrected chi connectivity index (χ1v) is 5.42. The number of rotatable bonds is 5. The predicted molar refractivity (Wildman–Crippen MR) is 65.8 cm³/mol. The number of amides is 1. The van der Waals surface area contributed by atoms with E-state index in [4.69, 9.17) is 5.11 Å². The van der Waals surface area contributed by atoms with Crippen LogP contribution in [0.4, 0.5) is 5.69 Å². The van der Waals surface area contributed by atoms with E-state index >= 15 is 0 Å². The van der Waals surface area contributed by atoms with Gasteiger partial charge in [-0.1, -0.05) is 25.5 Å². The van der Waals surface area contributed by atoms with Crippen LogP contribution >= 0.6 is 0 Å². The van der Waals surface area contributed by atoms with Crippen molar-refractivity contribution in [1.82, 2.24) is 0 Å². The molecule has 4 nitrogen and oxygen atoms in total. The van der Waals surface area contributed by atoms with Crippen LogP contribution in [-0.2, 0) is 16.0 Å². The molecule has 0 aliphatic rings. The van der Waals surface area contributed by atoms with Gasteiger partial charge in [0.15, 0.2) is 0 Å². The highest BCUT2D eigenvalue weighted by atomic mass is 16.4. The molecule has 0 aliphatic carbocycles. The molecule has 0 bridgehead atoms. The highest BCUT2D eigenvalue weighted by Gasteiger charge is 1.99. The lowest BCUT2D eigenvalue weighted by atomic mass is 10.1. The van der Waals surface area contributed by atoms with Crippen LogP contribution in [0.2, 0.25) is 0 Å². The zero-order chi connectivity index (χ0) is 12.7. The van der Waals surface area contributed by atoms with E-state index in [1.807, 2.05) is 12.1 Å². The number of aryl methyl sites for hydroxylation is 1. The molecular formula is C13H15NO3. The van der Waals surface area contributed by atoms with Gasteiger partial charge < -0.3 is 10.4 Å². The van der Waals surface area contributed by atoms with Gasteiger partial charge in [0, 0.05) is 17.8 Å². The third-order valence-corrected chi connectivity index (χ3v) is 2.14. The van der Waals surface area contributed by atoms with E-state index in [-0.39, 0.29) is 0 Å². The van der Waals surface area contributed by atoms with E-state index in [1.54, 1.807) is 12.1 Å². The summed E-state index contributed by atoms with van der Waals surface area (Å²) in [5, 5.41) is 10.9. The lowest BCUT2D eigenvalue weighted by molar-refractivity contribution is -0.131. The molecule has 0 saturated heterocycles. The molecule has 0 unspecified atom stereocenters. The Morgan fingerprint density at radius 1 is 1.24 bits per heavy atom. The molecule has 0 heterocycles. The van der Waals surface area contributed by atoms with E-state index in [1.165, 1.54) is 5.56 Å². The quantitative estimate of drug-likeness (QED) is 0.766. The van der Waals surface area contributed by atoms with Gasteiger partial charge in [0.1, 0.15) is 0 Å². The molecule has 0 fully saturated rings. The molecule has 0 spiro atoms. The maximum atomic E-state index is 11.3. The Labute approximate surface area is 100.0 Å². The molecule has 0 aliphatic heterocycles. The fraction of sp³-hybridized carbons (Fsp3) is 0.231. The van der Waals surface area contributed by atoms with Crippen LogP contribution in [0.5, 0.6) is 0 Å². The Bertz CT molecular complexity index is 421. The molecule has 1 amide bonds. The summed E-state index contributed by atoms with van der Waals surface area (Å²) in [5.41, 5.74) is 1.87. The first-order valence-electron chi connectivity index (χ1n) is 5.42. The van der Waals surface area contributed by atoms with E-state index in [9.17, 15) is 9.59 Å². The summed E-state index contributed by atoms with van der Waals surface area (Å²) < 4.78 is 0. The van der Waals surface area contributed by atoms with Gasteiger partial charge in [0.25, 0.3) is 0 Å². The normalized spacial score (nSPS) is 10.4. The summed E-state index contributed by atoms with van der Waals surface area (Å²) in [7, 11) is 0. The van der Waals surface area contributed by atoms with Gasteiger partial charge >= 0.3 is 5.97 Å². The molecular weight excluding hydrogens is 218 g/mol. The second kappa shape index (κ2) is 6.48. The Kier molecular flexibility index (Phi) is 4.94. The third-order valence-electron chi connectivity index (χ3n) is 2.14. The van der Waals surface area contributed by atoms with Crippen molar-refractivity contribution in [2.24, 2.45) is 0 Å². The first-order chi connectivity index (χ1) is 8.11. The number of carbonyl (C=O) groups is 2. The van der Waals surface area contributed by atoms with Crippen LogP contribution in [0.25, 0.3) is 0 Å². The summed E-state index contributed by atoms with van der Waals surface area (Å²) in [6.07, 6.45) is 3.88. The molecule has 90 valence electrons. The van der Waals surface area contributed by atoms with Crippen molar-refractivity contribution < 1.29 is 14.7 Å². The van der Waals surface area contributed by atoms with Gasteiger partial charge in [-0.25, -0.2) is 4.79 Å². The predicted octanol–water partition coefficient (Wildman–Crippen LogP) is 2.22. The molecule has 1 aromatic carbocycles. The molecule has 0 radical (unpaired) electrons. The number of benzene rings is 1. The Balaban J connectivity index is 2.57. The number of hydrogen-bond donors (Lipinski definition) is 2. The first kappa shape index (κ1) is 13.0. The summed E-state index contributed by atoms with van der Waals surface area (Å²) in [5.74, 6) is -1.59. The van der Waals surface area contributed by atoms with Gasteiger partial charge in [0.2, 0.25) is 5.91 Å². The second-order valence-electron chi connectivity index (χ2n) is 3.61. The van der Waals surface area contributed by atoms with Crippen molar-refractivity contribution in [3.63, 3.8) is 0 Å². The Morgan fingerprint density at radius 2 is 1.88 bits per heavy atom. The van der Waals surface area contributed by atoms with Gasteiger partial charge in [-0.05, 0) is 24.1 Å². The fourth-order valence-corrected chi connectivity index (χ4v) is 1.37. The summed E-state index contributed by atoms with van der Waals surface area (Å²) in [6.45, 7) is 2.10. The van der Waals surface area contributed by atoms with Crippen molar-refractivity contribution in [3.05, 3.63) is 42.0 Å². The highest BCUT2D eigenvalue weighted by Crippen LogP contribution is 2.10. The largest absolute Gasteiger partial charge is 0.478 e. The zero-order valence-corrected chi connectivity index (χ0v) is 9.64. The number of carboxylic acid groups (broad SMARTS) is 1. The van der Waals surface area contributed by atoms with Gasteiger partial charge in [-0.15, -0.1) is 0 Å². The van der Waals surface area contributed by atoms with Crippen molar-refractivity contribution in [2.75, 3.05) is 5.32 Å². The number of carboxylic acids is 1. The monoisotopic (exact) mass is 233 g/mol. The fourth-order valence-electron chi connectivity index (χ4n) is 1.37. The van der Waals surface area contributed by atoms with Crippen LogP contribution in [0.1, 0.15) is 18.9 Å². The average molecular weight is 233 g/mol. The van der Waals surface area contributed by atoms with Crippen LogP contribution in [0.15, 0.2) is 36.4 Å². The van der Waals surface area contributed by atoms with Crippen molar-refractivity contribution in [1.29, 1.82) is 0 Å². The lowest BCUT2D eigenvalue weighted by Gasteiger charge is -2.03. The van der Waals surface area contributed by atoms with Crippen molar-refractivity contribution in [2.45, 2.75) is 19.8 Å². The molecule has 2 N–H and O–H groups in total. The van der Waals surface area contributed by atoms with Crippen LogP contribution in [-0.4, -0.2) is 17.0 Å². The van der Waals surface area contributed by atoms with Gasteiger partial charge in [0.05, 0.1) is 0 Å². The molecule has 0 saturated carbocycles. The minimum Gasteiger partial charge on any atom is -0.478 e. The van der Waals surface area contributed by atoms with E-state index in [2.05, 4.69) is 12.2 Å². The SMILES string of the molecule is CCCc1ccc(NC(=O)/C=C\C(=O)O)cc1. The summed E-state index contributed by atoms with van der Waals surface area (Å²) in [4.78, 5) is 21.5. The van der Waals surface area contributed by atoms with Gasteiger partial charge in [-0.3, -0.25) is 4.79 Å². The second-order valence-corrected chi connectivity index (χ2v) is 3.61. The zero-order valence-electron chi connectivity index (χ0n) is 9.64.